The van der Waals surface area contributed by atoms with Crippen LogP contribution in [0.2, 0.25) is 0 Å². The van der Waals surface area contributed by atoms with Crippen LogP contribution in [0.5, 0.6) is 0 Å². The fraction of sp³-hybridized carbons (Fsp3) is 0.500. The predicted molar refractivity (Wildman–Crippen MR) is 62.7 cm³/mol. The van der Waals surface area contributed by atoms with Gasteiger partial charge in [-0.15, -0.1) is 11.8 Å². The molecule has 0 aliphatic heterocycles. The van der Waals surface area contributed by atoms with Crippen LogP contribution in [0.25, 0.3) is 0 Å². The second-order valence-corrected chi connectivity index (χ2v) is 5.31. The maximum atomic E-state index is 9.60. The highest BCUT2D eigenvalue weighted by atomic mass is 32.2. The zero-order chi connectivity index (χ0) is 10.6. The first-order valence-corrected chi connectivity index (χ1v) is 5.96. The molecule has 0 unspecified atom stereocenters. The van der Waals surface area contributed by atoms with Gasteiger partial charge in [-0.25, -0.2) is 0 Å². The van der Waals surface area contributed by atoms with Crippen LogP contribution in [-0.4, -0.2) is 10.4 Å². The molecule has 0 amide bonds. The van der Waals surface area contributed by atoms with E-state index in [4.69, 9.17) is 0 Å². The average Bonchev–Trinajstić information content (AvgIpc) is 2.17. The molecule has 0 radical (unpaired) electrons. The zero-order valence-corrected chi connectivity index (χ0v) is 9.84. The largest absolute Gasteiger partial charge is 0.388 e. The van der Waals surface area contributed by atoms with Crippen LogP contribution in [0.4, 0.5) is 0 Å². The molecular formula is C12H18OS. The molecule has 0 spiro atoms. The number of aliphatic hydroxyl groups excluding tert-OH is 1. The summed E-state index contributed by atoms with van der Waals surface area (Å²) in [5.74, 6) is 0. The molecule has 0 aliphatic rings. The lowest BCUT2D eigenvalue weighted by Gasteiger charge is -2.09. The molecule has 2 heteroatoms. The number of thioether (sulfide) groups is 1. The molecule has 1 N–H and O–H groups in total. The Morgan fingerprint density at radius 1 is 1.21 bits per heavy atom. The van der Waals surface area contributed by atoms with Gasteiger partial charge in [-0.3, -0.25) is 0 Å². The van der Waals surface area contributed by atoms with Crippen LogP contribution >= 0.6 is 11.8 Å². The number of aliphatic hydroxyl groups is 1. The highest BCUT2D eigenvalue weighted by molar-refractivity contribution is 7.99. The highest BCUT2D eigenvalue weighted by Crippen LogP contribution is 2.25. The van der Waals surface area contributed by atoms with Crippen molar-refractivity contribution < 1.29 is 5.11 Å². The Morgan fingerprint density at radius 3 is 2.21 bits per heavy atom. The van der Waals surface area contributed by atoms with Gasteiger partial charge >= 0.3 is 0 Å². The summed E-state index contributed by atoms with van der Waals surface area (Å²) in [5.41, 5.74) is 1.01. The molecule has 0 saturated carbocycles. The maximum absolute atomic E-state index is 9.60. The van der Waals surface area contributed by atoms with Crippen molar-refractivity contribution in [1.82, 2.24) is 0 Å². The van der Waals surface area contributed by atoms with Gasteiger partial charge in [0.25, 0.3) is 0 Å². The SMILES string of the molecule is CC[C@@H](O)c1ccc(SC(C)C)cc1. The van der Waals surface area contributed by atoms with Crippen molar-refractivity contribution in [2.24, 2.45) is 0 Å². The molecule has 1 rings (SSSR count). The van der Waals surface area contributed by atoms with E-state index < -0.39 is 0 Å². The molecule has 0 aromatic heterocycles. The second kappa shape index (κ2) is 5.42. The smallest absolute Gasteiger partial charge is 0.0787 e. The van der Waals surface area contributed by atoms with Gasteiger partial charge in [0.15, 0.2) is 0 Å². The summed E-state index contributed by atoms with van der Waals surface area (Å²) in [5, 5.41) is 10.2. The Balaban J connectivity index is 2.68. The van der Waals surface area contributed by atoms with E-state index >= 15 is 0 Å². The van der Waals surface area contributed by atoms with Crippen molar-refractivity contribution in [3.05, 3.63) is 29.8 Å². The second-order valence-electron chi connectivity index (χ2n) is 3.66. The average molecular weight is 210 g/mol. The van der Waals surface area contributed by atoms with E-state index in [9.17, 15) is 5.11 Å². The number of rotatable bonds is 4. The van der Waals surface area contributed by atoms with E-state index in [1.54, 1.807) is 0 Å². The van der Waals surface area contributed by atoms with Crippen LogP contribution in [0.3, 0.4) is 0 Å². The van der Waals surface area contributed by atoms with Crippen LogP contribution in [0, 0.1) is 0 Å². The number of hydrogen-bond acceptors (Lipinski definition) is 2. The molecule has 0 saturated heterocycles. The molecule has 0 aliphatic carbocycles. The standard InChI is InChI=1S/C12H18OS/c1-4-12(13)10-5-7-11(8-6-10)14-9(2)3/h5-9,12-13H,4H2,1-3H3/t12-/m1/s1. The van der Waals surface area contributed by atoms with Gasteiger partial charge in [-0.2, -0.15) is 0 Å². The fourth-order valence-electron chi connectivity index (χ4n) is 1.28. The molecule has 78 valence electrons. The molecule has 0 bridgehead atoms. The molecule has 1 atom stereocenters. The van der Waals surface area contributed by atoms with E-state index in [1.807, 2.05) is 30.8 Å². The molecule has 0 fully saturated rings. The monoisotopic (exact) mass is 210 g/mol. The van der Waals surface area contributed by atoms with Crippen LogP contribution in [0.15, 0.2) is 29.2 Å². The van der Waals surface area contributed by atoms with Crippen LogP contribution in [-0.2, 0) is 0 Å². The maximum Gasteiger partial charge on any atom is 0.0787 e. The lowest BCUT2D eigenvalue weighted by Crippen LogP contribution is -1.94. The van der Waals surface area contributed by atoms with E-state index in [2.05, 4.69) is 26.0 Å². The van der Waals surface area contributed by atoms with Gasteiger partial charge < -0.3 is 5.11 Å². The first-order valence-electron chi connectivity index (χ1n) is 5.08. The van der Waals surface area contributed by atoms with Crippen molar-refractivity contribution in [3.8, 4) is 0 Å². The van der Waals surface area contributed by atoms with Gasteiger partial charge in [0.2, 0.25) is 0 Å². The summed E-state index contributed by atoms with van der Waals surface area (Å²) in [6.45, 7) is 6.35. The summed E-state index contributed by atoms with van der Waals surface area (Å²) in [7, 11) is 0. The molecular weight excluding hydrogens is 192 g/mol. The molecule has 1 aromatic carbocycles. The van der Waals surface area contributed by atoms with Gasteiger partial charge in [-0.05, 0) is 24.1 Å². The van der Waals surface area contributed by atoms with Crippen molar-refractivity contribution in [2.75, 3.05) is 0 Å². The molecule has 14 heavy (non-hydrogen) atoms. The first kappa shape index (κ1) is 11.6. The zero-order valence-electron chi connectivity index (χ0n) is 9.03. The third-order valence-electron chi connectivity index (χ3n) is 2.02. The quantitative estimate of drug-likeness (QED) is 0.766. The van der Waals surface area contributed by atoms with Crippen molar-refractivity contribution >= 4 is 11.8 Å². The summed E-state index contributed by atoms with van der Waals surface area (Å²) in [6.07, 6.45) is 0.463. The van der Waals surface area contributed by atoms with E-state index in [1.165, 1.54) is 4.90 Å². The lowest BCUT2D eigenvalue weighted by molar-refractivity contribution is 0.173. The third kappa shape index (κ3) is 3.35. The Hall–Kier alpha value is -0.470. The van der Waals surface area contributed by atoms with E-state index in [-0.39, 0.29) is 6.10 Å². The van der Waals surface area contributed by atoms with Gasteiger partial charge in [-0.1, -0.05) is 32.9 Å². The van der Waals surface area contributed by atoms with Crippen molar-refractivity contribution in [3.63, 3.8) is 0 Å². The van der Waals surface area contributed by atoms with Crippen molar-refractivity contribution in [1.29, 1.82) is 0 Å². The van der Waals surface area contributed by atoms with Gasteiger partial charge in [0, 0.05) is 10.1 Å². The Labute approximate surface area is 90.5 Å². The minimum atomic E-state index is -0.312. The Kier molecular flexibility index (Phi) is 4.49. The van der Waals surface area contributed by atoms with Gasteiger partial charge in [0.05, 0.1) is 6.10 Å². The van der Waals surface area contributed by atoms with Crippen LogP contribution < -0.4 is 0 Å². The lowest BCUT2D eigenvalue weighted by atomic mass is 10.1. The minimum Gasteiger partial charge on any atom is -0.388 e. The Bertz CT molecular complexity index is 266. The van der Waals surface area contributed by atoms with E-state index in [0.717, 1.165) is 12.0 Å². The molecule has 1 nitrogen and oxygen atoms in total. The fourth-order valence-corrected chi connectivity index (χ4v) is 2.11. The minimum absolute atomic E-state index is 0.312. The van der Waals surface area contributed by atoms with E-state index in [0.29, 0.717) is 5.25 Å². The summed E-state index contributed by atoms with van der Waals surface area (Å²) in [4.78, 5) is 1.27. The Morgan fingerprint density at radius 2 is 1.79 bits per heavy atom. The highest BCUT2D eigenvalue weighted by Gasteiger charge is 2.04. The summed E-state index contributed by atoms with van der Waals surface area (Å²) in [6, 6.07) is 8.19. The normalized spacial score (nSPS) is 13.2. The van der Waals surface area contributed by atoms with Crippen LogP contribution in [0.1, 0.15) is 38.9 Å². The number of hydrogen-bond donors (Lipinski definition) is 1. The number of benzene rings is 1. The summed E-state index contributed by atoms with van der Waals surface area (Å²) >= 11 is 1.84. The summed E-state index contributed by atoms with van der Waals surface area (Å²) < 4.78 is 0. The molecule has 0 heterocycles. The third-order valence-corrected chi connectivity index (χ3v) is 3.04. The molecule has 1 aromatic rings. The first-order chi connectivity index (χ1) is 6.63. The van der Waals surface area contributed by atoms with Crippen molar-refractivity contribution in [2.45, 2.75) is 43.4 Å². The predicted octanol–water partition coefficient (Wildman–Crippen LogP) is 3.63. The topological polar surface area (TPSA) is 20.2 Å². The van der Waals surface area contributed by atoms with Gasteiger partial charge in [0.1, 0.15) is 0 Å².